The Morgan fingerprint density at radius 1 is 1.17 bits per heavy atom. The lowest BCUT2D eigenvalue weighted by molar-refractivity contribution is -0.114. The van der Waals surface area contributed by atoms with E-state index in [0.29, 0.717) is 67.3 Å². The minimum absolute atomic E-state index is 0.219. The quantitative estimate of drug-likeness (QED) is 0.257. The van der Waals surface area contributed by atoms with Crippen LogP contribution >= 0.6 is 0 Å². The number of hydrogen-bond acceptors (Lipinski definition) is 9. The molecule has 1 aliphatic rings. The fraction of sp³-hybridized carbons (Fsp3) is 0.200. The molecule has 180 valence electrons. The van der Waals surface area contributed by atoms with E-state index < -0.39 is 0 Å². The van der Waals surface area contributed by atoms with Crippen LogP contribution < -0.4 is 25.0 Å². The fourth-order valence-corrected chi connectivity index (χ4v) is 3.42. The SMILES string of the molecule is C=CC(=O)N1CCOc2ccc(Nc3nc(Nc4ccc(OCCOC)cc4)ncc3C=O)cc21. The predicted molar refractivity (Wildman–Crippen MR) is 132 cm³/mol. The van der Waals surface area contributed by atoms with Crippen molar-refractivity contribution in [2.24, 2.45) is 0 Å². The summed E-state index contributed by atoms with van der Waals surface area (Å²) in [6.45, 7) is 5.35. The van der Waals surface area contributed by atoms with Crippen molar-refractivity contribution in [1.29, 1.82) is 0 Å². The number of carbonyl (C=O) groups excluding carboxylic acids is 2. The topological polar surface area (TPSA) is 115 Å². The van der Waals surface area contributed by atoms with Crippen molar-refractivity contribution in [2.75, 3.05) is 49.0 Å². The summed E-state index contributed by atoms with van der Waals surface area (Å²) in [5.41, 5.74) is 2.27. The molecule has 1 aliphatic heterocycles. The van der Waals surface area contributed by atoms with Gasteiger partial charge in [0.2, 0.25) is 5.95 Å². The molecule has 2 heterocycles. The lowest BCUT2D eigenvalue weighted by Crippen LogP contribution is -2.36. The summed E-state index contributed by atoms with van der Waals surface area (Å²) in [7, 11) is 1.62. The zero-order valence-corrected chi connectivity index (χ0v) is 19.2. The van der Waals surface area contributed by atoms with E-state index in [1.165, 1.54) is 12.3 Å². The third-order valence-corrected chi connectivity index (χ3v) is 5.14. The van der Waals surface area contributed by atoms with Gasteiger partial charge in [-0.25, -0.2) is 4.98 Å². The number of carbonyl (C=O) groups is 2. The predicted octanol–water partition coefficient (Wildman–Crippen LogP) is 3.71. The van der Waals surface area contributed by atoms with Gasteiger partial charge in [0.1, 0.15) is 30.5 Å². The molecule has 0 saturated heterocycles. The molecule has 0 spiro atoms. The molecule has 3 aromatic rings. The molecule has 10 heteroatoms. The van der Waals surface area contributed by atoms with Crippen LogP contribution in [0.2, 0.25) is 0 Å². The molecule has 0 aliphatic carbocycles. The first-order valence-corrected chi connectivity index (χ1v) is 10.9. The minimum atomic E-state index is -0.219. The van der Waals surface area contributed by atoms with Crippen molar-refractivity contribution >= 4 is 41.0 Å². The second kappa shape index (κ2) is 11.1. The van der Waals surface area contributed by atoms with Crippen molar-refractivity contribution in [3.8, 4) is 11.5 Å². The van der Waals surface area contributed by atoms with Crippen molar-refractivity contribution in [3.63, 3.8) is 0 Å². The van der Waals surface area contributed by atoms with Gasteiger partial charge >= 0.3 is 0 Å². The number of amides is 1. The Bertz CT molecular complexity index is 1220. The highest BCUT2D eigenvalue weighted by Crippen LogP contribution is 2.35. The van der Waals surface area contributed by atoms with Crippen LogP contribution in [0.4, 0.5) is 28.8 Å². The van der Waals surface area contributed by atoms with E-state index in [2.05, 4.69) is 27.2 Å². The van der Waals surface area contributed by atoms with Crippen LogP contribution in [0.1, 0.15) is 10.4 Å². The van der Waals surface area contributed by atoms with E-state index in [1.807, 2.05) is 24.3 Å². The number of hydrogen-bond donors (Lipinski definition) is 2. The second-order valence-corrected chi connectivity index (χ2v) is 7.46. The molecule has 1 amide bonds. The van der Waals surface area contributed by atoms with E-state index in [9.17, 15) is 9.59 Å². The van der Waals surface area contributed by atoms with Gasteiger partial charge in [-0.05, 0) is 48.5 Å². The Labute approximate surface area is 202 Å². The van der Waals surface area contributed by atoms with Crippen molar-refractivity contribution < 1.29 is 23.8 Å². The molecule has 0 saturated carbocycles. The molecule has 35 heavy (non-hydrogen) atoms. The first kappa shape index (κ1) is 23.7. The van der Waals surface area contributed by atoms with E-state index in [4.69, 9.17) is 14.2 Å². The third-order valence-electron chi connectivity index (χ3n) is 5.14. The van der Waals surface area contributed by atoms with Crippen molar-refractivity contribution in [3.05, 3.63) is 66.9 Å². The molecule has 2 N–H and O–H groups in total. The largest absolute Gasteiger partial charge is 0.491 e. The van der Waals surface area contributed by atoms with Gasteiger partial charge in [0.25, 0.3) is 5.91 Å². The molecule has 0 radical (unpaired) electrons. The first-order valence-electron chi connectivity index (χ1n) is 10.9. The summed E-state index contributed by atoms with van der Waals surface area (Å²) >= 11 is 0. The Balaban J connectivity index is 1.52. The molecule has 2 aromatic carbocycles. The number of rotatable bonds is 10. The average Bonchev–Trinajstić information content (AvgIpc) is 2.89. The number of ether oxygens (including phenoxy) is 3. The zero-order chi connectivity index (χ0) is 24.6. The Hall–Kier alpha value is -4.44. The van der Waals surface area contributed by atoms with Gasteiger partial charge in [-0.15, -0.1) is 0 Å². The normalized spacial score (nSPS) is 12.2. The number of nitrogens with one attached hydrogen (secondary N) is 2. The van der Waals surface area contributed by atoms with Crippen LogP contribution in [0.5, 0.6) is 11.5 Å². The van der Waals surface area contributed by atoms with Gasteiger partial charge in [-0.3, -0.25) is 9.59 Å². The fourth-order valence-electron chi connectivity index (χ4n) is 3.42. The van der Waals surface area contributed by atoms with E-state index in [-0.39, 0.29) is 11.5 Å². The van der Waals surface area contributed by atoms with Crippen LogP contribution in [0.25, 0.3) is 0 Å². The number of nitrogens with zero attached hydrogens (tertiary/aromatic N) is 3. The highest BCUT2D eigenvalue weighted by molar-refractivity contribution is 6.02. The van der Waals surface area contributed by atoms with Gasteiger partial charge in [0.15, 0.2) is 6.29 Å². The summed E-state index contributed by atoms with van der Waals surface area (Å²) in [5.74, 6) is 1.70. The molecule has 1 aromatic heterocycles. The maximum absolute atomic E-state index is 12.2. The second-order valence-electron chi connectivity index (χ2n) is 7.46. The smallest absolute Gasteiger partial charge is 0.250 e. The molecule has 0 atom stereocenters. The van der Waals surface area contributed by atoms with Gasteiger partial charge in [-0.2, -0.15) is 4.98 Å². The van der Waals surface area contributed by atoms with Gasteiger partial charge in [-0.1, -0.05) is 6.58 Å². The third kappa shape index (κ3) is 5.74. The summed E-state index contributed by atoms with van der Waals surface area (Å²) in [6, 6.07) is 12.6. The van der Waals surface area contributed by atoms with E-state index in [0.717, 1.165) is 5.69 Å². The summed E-state index contributed by atoms with van der Waals surface area (Å²) in [6.07, 6.45) is 3.37. The van der Waals surface area contributed by atoms with Crippen molar-refractivity contribution in [2.45, 2.75) is 0 Å². The number of aromatic nitrogens is 2. The summed E-state index contributed by atoms with van der Waals surface area (Å²) in [5, 5.41) is 6.25. The zero-order valence-electron chi connectivity index (χ0n) is 19.2. The van der Waals surface area contributed by atoms with Gasteiger partial charge in [0, 0.05) is 24.7 Å². The molecule has 0 bridgehead atoms. The van der Waals surface area contributed by atoms with Gasteiger partial charge in [0.05, 0.1) is 24.4 Å². The number of fused-ring (bicyclic) bond motifs is 1. The van der Waals surface area contributed by atoms with Gasteiger partial charge < -0.3 is 29.7 Å². The maximum atomic E-state index is 12.2. The summed E-state index contributed by atoms with van der Waals surface area (Å²) in [4.78, 5) is 34.1. The summed E-state index contributed by atoms with van der Waals surface area (Å²) < 4.78 is 16.2. The van der Waals surface area contributed by atoms with Crippen molar-refractivity contribution in [1.82, 2.24) is 9.97 Å². The highest BCUT2D eigenvalue weighted by atomic mass is 16.5. The van der Waals surface area contributed by atoms with E-state index >= 15 is 0 Å². The molecule has 10 nitrogen and oxygen atoms in total. The van der Waals surface area contributed by atoms with Crippen LogP contribution in [0, 0.1) is 0 Å². The Kier molecular flexibility index (Phi) is 7.53. The molecule has 0 fully saturated rings. The maximum Gasteiger partial charge on any atom is 0.250 e. The lowest BCUT2D eigenvalue weighted by atomic mass is 10.2. The van der Waals surface area contributed by atoms with Crippen LogP contribution in [-0.2, 0) is 9.53 Å². The molecule has 4 rings (SSSR count). The van der Waals surface area contributed by atoms with E-state index in [1.54, 1.807) is 30.2 Å². The number of benzene rings is 2. The lowest BCUT2D eigenvalue weighted by Gasteiger charge is -2.29. The Morgan fingerprint density at radius 2 is 1.97 bits per heavy atom. The molecule has 0 unspecified atom stereocenters. The standard InChI is InChI=1S/C25H25N5O5/c1-3-23(32)30-10-11-35-22-9-6-19(14-21(22)30)27-24-17(16-31)15-26-25(29-24)28-18-4-7-20(8-5-18)34-13-12-33-2/h3-9,14-16H,1,10-13H2,2H3,(H2,26,27,28,29). The highest BCUT2D eigenvalue weighted by Gasteiger charge is 2.22. The number of aldehydes is 1. The first-order chi connectivity index (χ1) is 17.1. The molecular weight excluding hydrogens is 450 g/mol. The monoisotopic (exact) mass is 475 g/mol. The Morgan fingerprint density at radius 3 is 2.71 bits per heavy atom. The molecular formula is C25H25N5O5. The van der Waals surface area contributed by atoms with Crippen LogP contribution in [0.15, 0.2) is 61.3 Å². The minimum Gasteiger partial charge on any atom is -0.491 e. The average molecular weight is 476 g/mol. The number of anilines is 5. The van der Waals surface area contributed by atoms with Crippen LogP contribution in [0.3, 0.4) is 0 Å². The number of methoxy groups -OCH3 is 1. The van der Waals surface area contributed by atoms with Crippen LogP contribution in [-0.4, -0.2) is 55.6 Å².